The van der Waals surface area contributed by atoms with Crippen molar-refractivity contribution in [1.29, 1.82) is 0 Å². The van der Waals surface area contributed by atoms with E-state index in [-0.39, 0.29) is 4.91 Å². The largest absolute Gasteiger partial charge is 0.573 e. The number of halogens is 6. The Hall–Kier alpha value is -2.37. The topological polar surface area (TPSA) is 64.6 Å². The van der Waals surface area contributed by atoms with Crippen LogP contribution in [-0.4, -0.2) is 23.9 Å². The van der Waals surface area contributed by atoms with E-state index in [1.165, 1.54) is 0 Å². The molecule has 12 heteroatoms. The van der Waals surface area contributed by atoms with Crippen LogP contribution >= 0.6 is 11.8 Å². The van der Waals surface area contributed by atoms with Crippen LogP contribution < -0.4 is 14.8 Å². The Kier molecular flexibility index (Phi) is 4.69. The van der Waals surface area contributed by atoms with Gasteiger partial charge in [-0.05, 0) is 23.9 Å². The van der Waals surface area contributed by atoms with E-state index in [2.05, 4.69) is 9.47 Å². The summed E-state index contributed by atoms with van der Waals surface area (Å²) in [7, 11) is 0. The molecule has 0 spiro atoms. The monoisotopic (exact) mass is 373 g/mol. The average molecular weight is 373 g/mol. The average Bonchev–Trinajstić information content (AvgIpc) is 2.68. The summed E-state index contributed by atoms with van der Waals surface area (Å²) < 4.78 is 81.4. The van der Waals surface area contributed by atoms with Gasteiger partial charge in [-0.1, -0.05) is 12.1 Å². The van der Waals surface area contributed by atoms with E-state index in [0.29, 0.717) is 17.8 Å². The Labute approximate surface area is 133 Å². The molecule has 0 radical (unpaired) electrons. The van der Waals surface area contributed by atoms with Crippen LogP contribution in [0.4, 0.5) is 31.1 Å². The number of nitrogens with one attached hydrogen (secondary N) is 1. The minimum atomic E-state index is -5.31. The number of para-hydroxylation sites is 1. The molecule has 1 aliphatic rings. The second-order valence-corrected chi connectivity index (χ2v) is 5.14. The lowest BCUT2D eigenvalue weighted by molar-refractivity contribution is -0.287. The number of hydrogen-bond donors (Lipinski definition) is 1. The van der Waals surface area contributed by atoms with E-state index in [1.807, 2.05) is 5.32 Å². The fourth-order valence-electron chi connectivity index (χ4n) is 1.64. The SMILES string of the molecule is O=C1NC(=O)C(=Cc2cccc(OC(F)(F)F)c2OC(F)(F)F)S1. The molecule has 1 aliphatic heterocycles. The Morgan fingerprint density at radius 3 is 2.12 bits per heavy atom. The van der Waals surface area contributed by atoms with Crippen molar-refractivity contribution in [2.75, 3.05) is 0 Å². The van der Waals surface area contributed by atoms with E-state index >= 15 is 0 Å². The third kappa shape index (κ3) is 4.81. The maximum Gasteiger partial charge on any atom is 0.573 e. The minimum absolute atomic E-state index is 0.309. The molecule has 2 rings (SSSR count). The molecule has 0 aromatic heterocycles. The Morgan fingerprint density at radius 2 is 1.62 bits per heavy atom. The third-order valence-electron chi connectivity index (χ3n) is 2.38. The van der Waals surface area contributed by atoms with Crippen LogP contribution in [0.1, 0.15) is 5.56 Å². The molecule has 1 fully saturated rings. The zero-order valence-corrected chi connectivity index (χ0v) is 11.9. The lowest BCUT2D eigenvalue weighted by Crippen LogP contribution is -2.22. The summed E-state index contributed by atoms with van der Waals surface area (Å²) in [6.07, 6.45) is -9.78. The molecule has 1 heterocycles. The normalized spacial score (nSPS) is 17.2. The van der Waals surface area contributed by atoms with E-state index in [0.717, 1.165) is 18.2 Å². The predicted octanol–water partition coefficient (Wildman–Crippen LogP) is 3.81. The number of benzene rings is 1. The van der Waals surface area contributed by atoms with Crippen LogP contribution in [0.2, 0.25) is 0 Å². The molecular weight excluding hydrogens is 368 g/mol. The first kappa shape index (κ1) is 18.0. The van der Waals surface area contributed by atoms with Gasteiger partial charge in [0.1, 0.15) is 0 Å². The molecule has 130 valence electrons. The molecule has 0 saturated carbocycles. The van der Waals surface area contributed by atoms with Crippen molar-refractivity contribution in [2.24, 2.45) is 0 Å². The van der Waals surface area contributed by atoms with E-state index in [9.17, 15) is 35.9 Å². The third-order valence-corrected chi connectivity index (χ3v) is 3.19. The van der Waals surface area contributed by atoms with Gasteiger partial charge in [0.2, 0.25) is 0 Å². The number of amides is 2. The first-order valence-corrected chi connectivity index (χ1v) is 6.65. The zero-order chi connectivity index (χ0) is 18.1. The predicted molar refractivity (Wildman–Crippen MR) is 68.9 cm³/mol. The van der Waals surface area contributed by atoms with Crippen molar-refractivity contribution in [3.8, 4) is 11.5 Å². The van der Waals surface area contributed by atoms with Crippen LogP contribution in [0.15, 0.2) is 23.1 Å². The van der Waals surface area contributed by atoms with Crippen molar-refractivity contribution >= 4 is 29.0 Å². The van der Waals surface area contributed by atoms with Crippen molar-refractivity contribution in [2.45, 2.75) is 12.7 Å². The number of carbonyl (C=O) groups is 2. The molecule has 1 saturated heterocycles. The minimum Gasteiger partial charge on any atom is -0.402 e. The van der Waals surface area contributed by atoms with E-state index in [4.69, 9.17) is 0 Å². The first-order chi connectivity index (χ1) is 10.9. The number of carbonyl (C=O) groups excluding carboxylic acids is 2. The molecule has 0 unspecified atom stereocenters. The number of hydrogen-bond acceptors (Lipinski definition) is 5. The highest BCUT2D eigenvalue weighted by Crippen LogP contribution is 2.40. The van der Waals surface area contributed by atoms with Crippen molar-refractivity contribution < 1.29 is 45.4 Å². The van der Waals surface area contributed by atoms with Gasteiger partial charge in [-0.15, -0.1) is 26.3 Å². The number of rotatable bonds is 3. The summed E-state index contributed by atoms with van der Waals surface area (Å²) in [6.45, 7) is 0. The molecule has 5 nitrogen and oxygen atoms in total. The van der Waals surface area contributed by atoms with Gasteiger partial charge >= 0.3 is 12.7 Å². The summed E-state index contributed by atoms with van der Waals surface area (Å²) in [5, 5.41) is 1.08. The maximum absolute atomic E-state index is 12.5. The van der Waals surface area contributed by atoms with Gasteiger partial charge in [-0.2, -0.15) is 0 Å². The molecule has 0 aliphatic carbocycles. The van der Waals surface area contributed by atoms with Crippen molar-refractivity contribution in [3.63, 3.8) is 0 Å². The van der Waals surface area contributed by atoms with Crippen LogP contribution in [0.5, 0.6) is 11.5 Å². The summed E-state index contributed by atoms with van der Waals surface area (Å²) in [4.78, 5) is 22.1. The maximum atomic E-state index is 12.5. The number of ether oxygens (including phenoxy) is 2. The van der Waals surface area contributed by atoms with Crippen LogP contribution in [-0.2, 0) is 4.79 Å². The standard InChI is InChI=1S/C12H5F6NO4S/c13-11(14,15)22-6-3-1-2-5(8(6)23-12(16,17)18)4-7-9(20)19-10(21)24-7/h1-4H,(H,19,20,21). The van der Waals surface area contributed by atoms with E-state index < -0.39 is 40.9 Å². The quantitative estimate of drug-likeness (QED) is 0.645. The Balaban J connectivity index is 2.50. The van der Waals surface area contributed by atoms with Crippen molar-refractivity contribution in [1.82, 2.24) is 5.32 Å². The molecule has 0 atom stereocenters. The Morgan fingerprint density at radius 1 is 1.00 bits per heavy atom. The number of imide groups is 1. The van der Waals surface area contributed by atoms with Crippen molar-refractivity contribution in [3.05, 3.63) is 28.7 Å². The lowest BCUT2D eigenvalue weighted by Gasteiger charge is -2.17. The summed E-state index contributed by atoms with van der Waals surface area (Å²) >= 11 is 0.376. The highest BCUT2D eigenvalue weighted by molar-refractivity contribution is 8.18. The molecule has 0 bridgehead atoms. The fraction of sp³-hybridized carbons (Fsp3) is 0.167. The molecule has 1 N–H and O–H groups in total. The molecule has 1 aromatic rings. The van der Waals surface area contributed by atoms with Crippen LogP contribution in [0.3, 0.4) is 0 Å². The molecule has 24 heavy (non-hydrogen) atoms. The Bertz CT molecular complexity index is 712. The number of alkyl halides is 6. The molecule has 1 aromatic carbocycles. The molecule has 2 amide bonds. The summed E-state index contributed by atoms with van der Waals surface area (Å²) in [6, 6.07) is 2.55. The smallest absolute Gasteiger partial charge is 0.402 e. The second-order valence-electron chi connectivity index (χ2n) is 4.12. The highest BCUT2D eigenvalue weighted by Gasteiger charge is 2.37. The second kappa shape index (κ2) is 6.26. The van der Waals surface area contributed by atoms with Gasteiger partial charge in [0.05, 0.1) is 4.91 Å². The lowest BCUT2D eigenvalue weighted by atomic mass is 10.1. The molecular formula is C12H5F6NO4S. The summed E-state index contributed by atoms with van der Waals surface area (Å²) in [5.74, 6) is -3.43. The first-order valence-electron chi connectivity index (χ1n) is 5.84. The van der Waals surface area contributed by atoms with Gasteiger partial charge in [0.25, 0.3) is 11.1 Å². The number of thioether (sulfide) groups is 1. The fourth-order valence-corrected chi connectivity index (χ4v) is 2.31. The van der Waals surface area contributed by atoms with E-state index in [1.54, 1.807) is 0 Å². The van der Waals surface area contributed by atoms with Gasteiger partial charge in [-0.25, -0.2) is 0 Å². The van der Waals surface area contributed by atoms with Gasteiger partial charge < -0.3 is 9.47 Å². The van der Waals surface area contributed by atoms with Gasteiger partial charge in [0, 0.05) is 5.56 Å². The van der Waals surface area contributed by atoms with Crippen LogP contribution in [0.25, 0.3) is 6.08 Å². The summed E-state index contributed by atoms with van der Waals surface area (Å²) in [5.41, 5.74) is -0.526. The van der Waals surface area contributed by atoms with Gasteiger partial charge in [0.15, 0.2) is 11.5 Å². The highest BCUT2D eigenvalue weighted by atomic mass is 32.2. The van der Waals surface area contributed by atoms with Gasteiger partial charge in [-0.3, -0.25) is 14.9 Å². The van der Waals surface area contributed by atoms with Crippen LogP contribution in [0, 0.1) is 0 Å². The zero-order valence-electron chi connectivity index (χ0n) is 11.1.